The summed E-state index contributed by atoms with van der Waals surface area (Å²) in [6.45, 7) is 1.83. The first-order valence-electron chi connectivity index (χ1n) is 8.22. The minimum Gasteiger partial charge on any atom is -0.337 e. The number of urea groups is 1. The second kappa shape index (κ2) is 8.67. The Morgan fingerprint density at radius 1 is 1.33 bits per heavy atom. The van der Waals surface area contributed by atoms with E-state index in [4.69, 9.17) is 0 Å². The SMILES string of the molecule is Cc1nc(NC(=O)NCCc2cn(CC(F)F)cn2)sc1-c1ccncc1. The zero-order valence-corrected chi connectivity index (χ0v) is 15.3. The van der Waals surface area contributed by atoms with Crippen molar-refractivity contribution in [1.29, 1.82) is 0 Å². The maximum Gasteiger partial charge on any atom is 0.321 e. The van der Waals surface area contributed by atoms with Crippen molar-refractivity contribution >= 4 is 22.5 Å². The molecule has 0 spiro atoms. The number of aryl methyl sites for hydroxylation is 1. The lowest BCUT2D eigenvalue weighted by Gasteiger charge is -2.04. The molecule has 2 amide bonds. The number of carbonyl (C=O) groups is 1. The van der Waals surface area contributed by atoms with Crippen LogP contribution >= 0.6 is 11.3 Å². The van der Waals surface area contributed by atoms with Crippen LogP contribution in [0.25, 0.3) is 10.4 Å². The van der Waals surface area contributed by atoms with E-state index in [1.165, 1.54) is 22.2 Å². The van der Waals surface area contributed by atoms with Gasteiger partial charge in [0.25, 0.3) is 6.43 Å². The second-order valence-corrected chi connectivity index (χ2v) is 6.75. The highest BCUT2D eigenvalue weighted by Crippen LogP contribution is 2.32. The Morgan fingerprint density at radius 3 is 2.85 bits per heavy atom. The minimum absolute atomic E-state index is 0.332. The molecule has 0 aromatic carbocycles. The third kappa shape index (κ3) is 5.30. The molecule has 0 unspecified atom stereocenters. The first-order chi connectivity index (χ1) is 13.0. The summed E-state index contributed by atoms with van der Waals surface area (Å²) in [6.07, 6.45) is 4.35. The number of nitrogens with zero attached hydrogens (tertiary/aromatic N) is 4. The van der Waals surface area contributed by atoms with Crippen LogP contribution in [0, 0.1) is 6.92 Å². The average Bonchev–Trinajstić information content (AvgIpc) is 3.21. The van der Waals surface area contributed by atoms with Gasteiger partial charge in [0.05, 0.1) is 29.1 Å². The van der Waals surface area contributed by atoms with Gasteiger partial charge in [-0.15, -0.1) is 0 Å². The number of pyridine rings is 1. The van der Waals surface area contributed by atoms with Gasteiger partial charge in [-0.25, -0.2) is 23.5 Å². The molecule has 0 saturated heterocycles. The number of halogens is 2. The Bertz CT molecular complexity index is 896. The maximum absolute atomic E-state index is 12.3. The Morgan fingerprint density at radius 2 is 2.11 bits per heavy atom. The largest absolute Gasteiger partial charge is 0.337 e. The van der Waals surface area contributed by atoms with Crippen molar-refractivity contribution in [3.05, 3.63) is 48.4 Å². The molecular formula is C17H18F2N6OS. The molecule has 0 fully saturated rings. The molecule has 0 atom stereocenters. The summed E-state index contributed by atoms with van der Waals surface area (Å²) in [5.41, 5.74) is 2.46. The van der Waals surface area contributed by atoms with Crippen LogP contribution in [-0.2, 0) is 13.0 Å². The van der Waals surface area contributed by atoms with E-state index in [1.54, 1.807) is 18.6 Å². The zero-order valence-electron chi connectivity index (χ0n) is 14.5. The molecule has 2 N–H and O–H groups in total. The van der Waals surface area contributed by atoms with Crippen molar-refractivity contribution in [3.63, 3.8) is 0 Å². The Balaban J connectivity index is 1.49. The van der Waals surface area contributed by atoms with Crippen LogP contribution in [0.1, 0.15) is 11.4 Å². The lowest BCUT2D eigenvalue weighted by molar-refractivity contribution is 0.126. The van der Waals surface area contributed by atoms with E-state index in [2.05, 4.69) is 25.6 Å². The van der Waals surface area contributed by atoms with Gasteiger partial charge >= 0.3 is 6.03 Å². The normalized spacial score (nSPS) is 11.0. The molecule has 0 bridgehead atoms. The molecular weight excluding hydrogens is 374 g/mol. The van der Waals surface area contributed by atoms with E-state index in [1.807, 2.05) is 19.1 Å². The lowest BCUT2D eigenvalue weighted by atomic mass is 10.2. The van der Waals surface area contributed by atoms with Gasteiger partial charge in [-0.3, -0.25) is 10.3 Å². The predicted molar refractivity (Wildman–Crippen MR) is 99.0 cm³/mol. The van der Waals surface area contributed by atoms with Crippen LogP contribution in [0.15, 0.2) is 37.1 Å². The molecule has 0 aliphatic heterocycles. The first-order valence-corrected chi connectivity index (χ1v) is 9.04. The molecule has 10 heteroatoms. The van der Waals surface area contributed by atoms with Gasteiger partial charge in [0, 0.05) is 31.6 Å². The maximum atomic E-state index is 12.3. The smallest absolute Gasteiger partial charge is 0.321 e. The van der Waals surface area contributed by atoms with Gasteiger partial charge in [0.15, 0.2) is 5.13 Å². The Hall–Kier alpha value is -2.88. The molecule has 3 aromatic rings. The number of anilines is 1. The topological polar surface area (TPSA) is 84.7 Å². The van der Waals surface area contributed by atoms with Crippen molar-refractivity contribution in [1.82, 2.24) is 24.8 Å². The number of amides is 2. The second-order valence-electron chi connectivity index (χ2n) is 5.75. The molecule has 0 radical (unpaired) electrons. The van der Waals surface area contributed by atoms with Gasteiger partial charge in [-0.05, 0) is 24.6 Å². The van der Waals surface area contributed by atoms with Crippen LogP contribution < -0.4 is 10.6 Å². The fourth-order valence-corrected chi connectivity index (χ4v) is 3.43. The number of rotatable bonds is 7. The lowest BCUT2D eigenvalue weighted by Crippen LogP contribution is -2.30. The monoisotopic (exact) mass is 392 g/mol. The van der Waals surface area contributed by atoms with Gasteiger partial charge in [0.2, 0.25) is 0 Å². The zero-order chi connectivity index (χ0) is 19.2. The number of carbonyl (C=O) groups excluding carboxylic acids is 1. The summed E-state index contributed by atoms with van der Waals surface area (Å²) >= 11 is 1.38. The third-order valence-electron chi connectivity index (χ3n) is 3.66. The van der Waals surface area contributed by atoms with Crippen LogP contribution in [0.2, 0.25) is 0 Å². The quantitative estimate of drug-likeness (QED) is 0.646. The van der Waals surface area contributed by atoms with Gasteiger partial charge in [0.1, 0.15) is 0 Å². The molecule has 3 rings (SSSR count). The number of thiazole rings is 1. The van der Waals surface area contributed by atoms with Crippen LogP contribution in [0.3, 0.4) is 0 Å². The molecule has 27 heavy (non-hydrogen) atoms. The molecule has 0 saturated carbocycles. The van der Waals surface area contributed by atoms with Crippen molar-refractivity contribution in [3.8, 4) is 10.4 Å². The number of alkyl halides is 2. The van der Waals surface area contributed by atoms with Crippen molar-refractivity contribution in [2.75, 3.05) is 11.9 Å². The molecule has 142 valence electrons. The van der Waals surface area contributed by atoms with E-state index in [-0.39, 0.29) is 12.6 Å². The summed E-state index contributed by atoms with van der Waals surface area (Å²) in [4.78, 5) is 25.4. The minimum atomic E-state index is -2.42. The Kier molecular flexibility index (Phi) is 6.07. The first kappa shape index (κ1) is 18.9. The molecule has 3 heterocycles. The number of imidazole rings is 1. The third-order valence-corrected chi connectivity index (χ3v) is 4.78. The van der Waals surface area contributed by atoms with Gasteiger partial charge in [-0.2, -0.15) is 0 Å². The van der Waals surface area contributed by atoms with Crippen molar-refractivity contribution in [2.45, 2.75) is 26.3 Å². The molecule has 3 aromatic heterocycles. The van der Waals surface area contributed by atoms with Crippen LogP contribution in [0.5, 0.6) is 0 Å². The van der Waals surface area contributed by atoms with Crippen LogP contribution in [-0.4, -0.2) is 38.5 Å². The van der Waals surface area contributed by atoms with E-state index in [9.17, 15) is 13.6 Å². The standard InChI is InChI=1S/C17H18F2N6OS/c1-11-15(12-2-5-20-6-3-12)27-17(23-11)24-16(26)21-7-4-13-8-25(10-22-13)9-14(18)19/h2-3,5-6,8,10,14H,4,7,9H2,1H3,(H2,21,23,24,26). The highest BCUT2D eigenvalue weighted by molar-refractivity contribution is 7.19. The highest BCUT2D eigenvalue weighted by Gasteiger charge is 2.12. The number of hydrogen-bond acceptors (Lipinski definition) is 5. The van der Waals surface area contributed by atoms with E-state index < -0.39 is 6.43 Å². The van der Waals surface area contributed by atoms with Gasteiger partial charge < -0.3 is 9.88 Å². The molecule has 7 nitrogen and oxygen atoms in total. The summed E-state index contributed by atoms with van der Waals surface area (Å²) in [5.74, 6) is 0. The van der Waals surface area contributed by atoms with Gasteiger partial charge in [-0.1, -0.05) is 11.3 Å². The molecule has 0 aliphatic rings. The average molecular weight is 392 g/mol. The molecule has 0 aliphatic carbocycles. The summed E-state index contributed by atoms with van der Waals surface area (Å²) in [5, 5.41) is 5.91. The van der Waals surface area contributed by atoms with E-state index in [0.29, 0.717) is 23.8 Å². The number of nitrogens with one attached hydrogen (secondary N) is 2. The van der Waals surface area contributed by atoms with Crippen molar-refractivity contribution in [2.24, 2.45) is 0 Å². The predicted octanol–water partition coefficient (Wildman–Crippen LogP) is 3.34. The Labute approximate surface area is 158 Å². The fraction of sp³-hybridized carbons (Fsp3) is 0.294. The van der Waals surface area contributed by atoms with Crippen molar-refractivity contribution < 1.29 is 13.6 Å². The number of hydrogen-bond donors (Lipinski definition) is 2. The fourth-order valence-electron chi connectivity index (χ4n) is 2.46. The summed E-state index contributed by atoms with van der Waals surface area (Å²) < 4.78 is 26.0. The summed E-state index contributed by atoms with van der Waals surface area (Å²) in [6, 6.07) is 3.40. The highest BCUT2D eigenvalue weighted by atomic mass is 32.1. The van der Waals surface area contributed by atoms with Crippen LogP contribution in [0.4, 0.5) is 18.7 Å². The summed E-state index contributed by atoms with van der Waals surface area (Å²) in [7, 11) is 0. The van der Waals surface area contributed by atoms with E-state index >= 15 is 0 Å². The van der Waals surface area contributed by atoms with E-state index in [0.717, 1.165) is 16.1 Å². The number of aromatic nitrogens is 4.